The lowest BCUT2D eigenvalue weighted by Gasteiger charge is -2.08. The van der Waals surface area contributed by atoms with E-state index in [1.165, 1.54) is 6.21 Å². The summed E-state index contributed by atoms with van der Waals surface area (Å²) in [4.78, 5) is 12.4. The van der Waals surface area contributed by atoms with E-state index < -0.39 is 6.04 Å². The van der Waals surface area contributed by atoms with E-state index >= 15 is 0 Å². The summed E-state index contributed by atoms with van der Waals surface area (Å²) in [7, 11) is 0. The summed E-state index contributed by atoms with van der Waals surface area (Å²) in [5.74, 6) is 0.724. The van der Waals surface area contributed by atoms with Crippen LogP contribution in [0.1, 0.15) is 23.8 Å². The van der Waals surface area contributed by atoms with Crippen molar-refractivity contribution in [1.82, 2.24) is 16.3 Å². The Morgan fingerprint density at radius 1 is 1.03 bits per heavy atom. The minimum Gasteiger partial charge on any atom is -0.455 e. The third kappa shape index (κ3) is 4.69. The SMILES string of the molecule is O=C(N/N=C/c1ccc(-c2cc(Cl)c(Cl)cc2Cl)o1)C1CC(c2ccccc2)NN1. The highest BCUT2D eigenvalue weighted by molar-refractivity contribution is 6.44. The fraction of sp³-hybridized carbons (Fsp3) is 0.143. The predicted octanol–water partition coefficient (Wildman–Crippen LogP) is 4.96. The lowest BCUT2D eigenvalue weighted by atomic mass is 10.0. The topological polar surface area (TPSA) is 78.7 Å². The molecule has 30 heavy (non-hydrogen) atoms. The van der Waals surface area contributed by atoms with E-state index in [9.17, 15) is 4.79 Å². The van der Waals surface area contributed by atoms with Crippen LogP contribution in [0.15, 0.2) is 64.1 Å². The fourth-order valence-electron chi connectivity index (χ4n) is 3.15. The maximum Gasteiger partial charge on any atom is 0.258 e. The third-order valence-electron chi connectivity index (χ3n) is 4.69. The van der Waals surface area contributed by atoms with Crippen LogP contribution in [-0.4, -0.2) is 18.2 Å². The number of carbonyl (C=O) groups is 1. The minimum absolute atomic E-state index is 0.0644. The first-order valence-electron chi connectivity index (χ1n) is 9.15. The maximum absolute atomic E-state index is 12.4. The average Bonchev–Trinajstić information content (AvgIpc) is 3.41. The first-order valence-corrected chi connectivity index (χ1v) is 10.3. The number of nitrogens with zero attached hydrogens (tertiary/aromatic N) is 1. The molecule has 1 amide bonds. The molecule has 3 aromatic rings. The molecule has 0 saturated carbocycles. The van der Waals surface area contributed by atoms with Gasteiger partial charge in [0.05, 0.1) is 21.3 Å². The Balaban J connectivity index is 1.35. The quantitative estimate of drug-likeness (QED) is 0.284. The van der Waals surface area contributed by atoms with Gasteiger partial charge in [-0.15, -0.1) is 0 Å². The van der Waals surface area contributed by atoms with Crippen LogP contribution in [0.3, 0.4) is 0 Å². The van der Waals surface area contributed by atoms with Gasteiger partial charge in [-0.2, -0.15) is 5.10 Å². The Bertz CT molecular complexity index is 1090. The van der Waals surface area contributed by atoms with Crippen LogP contribution in [0, 0.1) is 0 Å². The number of hydrazone groups is 1. The Morgan fingerprint density at radius 3 is 2.60 bits per heavy atom. The molecule has 2 atom stereocenters. The summed E-state index contributed by atoms with van der Waals surface area (Å²) in [5.41, 5.74) is 10.4. The van der Waals surface area contributed by atoms with Crippen LogP contribution < -0.4 is 16.3 Å². The molecule has 1 fully saturated rings. The smallest absolute Gasteiger partial charge is 0.258 e. The number of carbonyl (C=O) groups excluding carboxylic acids is 1. The molecule has 0 bridgehead atoms. The molecular formula is C21H17Cl3N4O2. The number of halogens is 3. The Labute approximate surface area is 188 Å². The maximum atomic E-state index is 12.4. The largest absolute Gasteiger partial charge is 0.455 e. The summed E-state index contributed by atoms with van der Waals surface area (Å²) in [5, 5.41) is 5.14. The van der Waals surface area contributed by atoms with Crippen LogP contribution in [-0.2, 0) is 4.79 Å². The standard InChI is InChI=1S/C21H17Cl3N4O2/c22-15-9-17(24)16(23)8-14(15)20-7-6-13(30-20)11-25-28-21(29)19-10-18(26-27-19)12-4-2-1-3-5-12/h1-9,11,18-19,26-27H,10H2,(H,28,29)/b25-11+. The Kier molecular flexibility index (Phi) is 6.41. The van der Waals surface area contributed by atoms with Crippen molar-refractivity contribution in [3.8, 4) is 11.3 Å². The number of hydrogen-bond acceptors (Lipinski definition) is 5. The molecule has 4 rings (SSSR count). The molecule has 6 nitrogen and oxygen atoms in total. The van der Waals surface area contributed by atoms with Gasteiger partial charge >= 0.3 is 0 Å². The number of furan rings is 1. The fourth-order valence-corrected chi connectivity index (χ4v) is 3.79. The first kappa shape index (κ1) is 20.9. The van der Waals surface area contributed by atoms with Gasteiger partial charge in [0, 0.05) is 11.6 Å². The molecule has 2 unspecified atom stereocenters. The lowest BCUT2D eigenvalue weighted by Crippen LogP contribution is -2.41. The van der Waals surface area contributed by atoms with E-state index in [0.29, 0.717) is 38.6 Å². The van der Waals surface area contributed by atoms with Crippen LogP contribution >= 0.6 is 34.8 Å². The highest BCUT2D eigenvalue weighted by Gasteiger charge is 2.29. The summed E-state index contributed by atoms with van der Waals surface area (Å²) < 4.78 is 5.71. The van der Waals surface area contributed by atoms with Gasteiger partial charge in [0.1, 0.15) is 17.6 Å². The Morgan fingerprint density at radius 2 is 1.80 bits per heavy atom. The van der Waals surface area contributed by atoms with E-state index in [1.807, 2.05) is 30.3 Å². The molecule has 1 aromatic heterocycles. The lowest BCUT2D eigenvalue weighted by molar-refractivity contribution is -0.122. The van der Waals surface area contributed by atoms with Gasteiger partial charge in [0.25, 0.3) is 5.91 Å². The van der Waals surface area contributed by atoms with E-state index in [1.54, 1.807) is 24.3 Å². The van der Waals surface area contributed by atoms with Crippen molar-refractivity contribution in [3.05, 3.63) is 81.0 Å². The zero-order valence-corrected chi connectivity index (χ0v) is 17.8. The number of rotatable bonds is 5. The highest BCUT2D eigenvalue weighted by Crippen LogP contribution is 2.35. The summed E-state index contributed by atoms with van der Waals surface area (Å²) in [6.45, 7) is 0. The average molecular weight is 464 g/mol. The van der Waals surface area contributed by atoms with Crippen LogP contribution in [0.5, 0.6) is 0 Å². The molecule has 3 N–H and O–H groups in total. The number of nitrogens with one attached hydrogen (secondary N) is 3. The monoisotopic (exact) mass is 462 g/mol. The molecule has 0 aliphatic carbocycles. The number of amides is 1. The second-order valence-electron chi connectivity index (χ2n) is 6.72. The van der Waals surface area contributed by atoms with E-state index in [2.05, 4.69) is 21.4 Å². The van der Waals surface area contributed by atoms with Crippen molar-refractivity contribution in [1.29, 1.82) is 0 Å². The van der Waals surface area contributed by atoms with E-state index in [-0.39, 0.29) is 11.9 Å². The number of hydrazine groups is 1. The molecule has 2 aromatic carbocycles. The molecule has 1 aliphatic rings. The Hall–Kier alpha value is -2.35. The highest BCUT2D eigenvalue weighted by atomic mass is 35.5. The number of benzene rings is 2. The van der Waals surface area contributed by atoms with Gasteiger partial charge in [-0.3, -0.25) is 4.79 Å². The molecular weight excluding hydrogens is 447 g/mol. The van der Waals surface area contributed by atoms with Crippen LogP contribution in [0.25, 0.3) is 11.3 Å². The van der Waals surface area contributed by atoms with Crippen molar-refractivity contribution in [3.63, 3.8) is 0 Å². The number of hydrogen-bond donors (Lipinski definition) is 3. The minimum atomic E-state index is -0.394. The zero-order chi connectivity index (χ0) is 21.1. The van der Waals surface area contributed by atoms with Gasteiger partial charge in [-0.25, -0.2) is 16.3 Å². The van der Waals surface area contributed by atoms with Crippen LogP contribution in [0.4, 0.5) is 0 Å². The third-order valence-corrected chi connectivity index (χ3v) is 5.73. The van der Waals surface area contributed by atoms with Gasteiger partial charge in [0.15, 0.2) is 0 Å². The normalized spacial score (nSPS) is 18.8. The van der Waals surface area contributed by atoms with Crippen LogP contribution in [0.2, 0.25) is 15.1 Å². The van der Waals surface area contributed by atoms with Gasteiger partial charge in [-0.1, -0.05) is 65.1 Å². The second-order valence-corrected chi connectivity index (χ2v) is 7.94. The second kappa shape index (κ2) is 9.20. The molecule has 0 radical (unpaired) electrons. The molecule has 9 heteroatoms. The van der Waals surface area contributed by atoms with Crippen molar-refractivity contribution in [2.24, 2.45) is 5.10 Å². The van der Waals surface area contributed by atoms with Crippen molar-refractivity contribution in [2.75, 3.05) is 0 Å². The van der Waals surface area contributed by atoms with Crippen molar-refractivity contribution in [2.45, 2.75) is 18.5 Å². The molecule has 0 spiro atoms. The summed E-state index contributed by atoms with van der Waals surface area (Å²) in [6.07, 6.45) is 2.04. The van der Waals surface area contributed by atoms with Gasteiger partial charge in [0.2, 0.25) is 0 Å². The van der Waals surface area contributed by atoms with Crippen molar-refractivity contribution >= 4 is 46.9 Å². The van der Waals surface area contributed by atoms with Gasteiger partial charge in [-0.05, 0) is 36.2 Å². The molecule has 2 heterocycles. The van der Waals surface area contributed by atoms with Gasteiger partial charge < -0.3 is 4.42 Å². The summed E-state index contributed by atoms with van der Waals surface area (Å²) in [6, 6.07) is 16.3. The van der Waals surface area contributed by atoms with E-state index in [4.69, 9.17) is 39.2 Å². The molecule has 154 valence electrons. The molecule has 1 saturated heterocycles. The summed E-state index contributed by atoms with van der Waals surface area (Å²) >= 11 is 18.2. The predicted molar refractivity (Wildman–Crippen MR) is 119 cm³/mol. The zero-order valence-electron chi connectivity index (χ0n) is 15.5. The van der Waals surface area contributed by atoms with Crippen molar-refractivity contribution < 1.29 is 9.21 Å². The first-order chi connectivity index (χ1) is 14.5. The molecule has 1 aliphatic heterocycles. The van der Waals surface area contributed by atoms with E-state index in [0.717, 1.165) is 5.56 Å².